The second-order valence-corrected chi connectivity index (χ2v) is 2.47. The minimum absolute atomic E-state index is 0.648. The fourth-order valence-corrected chi connectivity index (χ4v) is 0.621. The van der Waals surface area contributed by atoms with Crippen LogP contribution < -0.4 is 0 Å². The van der Waals surface area contributed by atoms with Gasteiger partial charge in [-0.2, -0.15) is 0 Å². The average molecular weight is 166 g/mol. The Morgan fingerprint density at radius 1 is 1.00 bits per heavy atom. The summed E-state index contributed by atoms with van der Waals surface area (Å²) in [4.78, 5) is 0. The minimum Gasteiger partial charge on any atom is -0.394 e. The zero-order valence-corrected chi connectivity index (χ0v) is 6.25. The monoisotopic (exact) mass is 166 g/mol. The maximum Gasteiger partial charge on any atom is 0.110 e. The van der Waals surface area contributed by atoms with Crippen molar-refractivity contribution in [3.05, 3.63) is 0 Å². The van der Waals surface area contributed by atoms with E-state index in [2.05, 4.69) is 0 Å². The third-order valence-electron chi connectivity index (χ3n) is 1.43. The van der Waals surface area contributed by atoms with Crippen molar-refractivity contribution in [2.75, 3.05) is 6.61 Å². The highest BCUT2D eigenvalue weighted by Gasteiger charge is 2.27. The average Bonchev–Trinajstić information content (AvgIpc) is 2.00. The number of aliphatic hydroxyl groups is 5. The molecule has 4 atom stereocenters. The van der Waals surface area contributed by atoms with Crippen LogP contribution in [-0.2, 0) is 0 Å². The molecule has 0 fully saturated rings. The van der Waals surface area contributed by atoms with Gasteiger partial charge in [-0.15, -0.1) is 0 Å². The van der Waals surface area contributed by atoms with Crippen LogP contribution >= 0.6 is 0 Å². The smallest absolute Gasteiger partial charge is 0.110 e. The first-order chi connectivity index (χ1) is 5.00. The van der Waals surface area contributed by atoms with Crippen LogP contribution in [0.5, 0.6) is 0 Å². The van der Waals surface area contributed by atoms with E-state index in [1.165, 1.54) is 6.92 Å². The molecule has 5 N–H and O–H groups in total. The normalized spacial score (nSPS) is 22.4. The van der Waals surface area contributed by atoms with E-state index in [1.807, 2.05) is 0 Å². The topological polar surface area (TPSA) is 101 Å². The van der Waals surface area contributed by atoms with Crippen LogP contribution in [0.3, 0.4) is 0 Å². The lowest BCUT2D eigenvalue weighted by Gasteiger charge is -2.23. The third kappa shape index (κ3) is 3.13. The molecule has 0 saturated carbocycles. The molecular formula is C6H14O5. The number of hydrogen-bond donors (Lipinski definition) is 5. The van der Waals surface area contributed by atoms with Crippen molar-refractivity contribution in [2.45, 2.75) is 31.3 Å². The molecule has 0 heterocycles. The maximum atomic E-state index is 8.94. The van der Waals surface area contributed by atoms with Gasteiger partial charge in [0.05, 0.1) is 12.7 Å². The fraction of sp³-hybridized carbons (Fsp3) is 1.00. The third-order valence-corrected chi connectivity index (χ3v) is 1.43. The summed E-state index contributed by atoms with van der Waals surface area (Å²) in [5, 5.41) is 43.7. The summed E-state index contributed by atoms with van der Waals surface area (Å²) in [6, 6.07) is 0. The highest BCUT2D eigenvalue weighted by Crippen LogP contribution is 2.03. The van der Waals surface area contributed by atoms with Crippen molar-refractivity contribution < 1.29 is 25.5 Å². The van der Waals surface area contributed by atoms with Crippen LogP contribution in [0.15, 0.2) is 0 Å². The molecule has 0 aliphatic carbocycles. The summed E-state index contributed by atoms with van der Waals surface area (Å²) in [5.41, 5.74) is 0. The van der Waals surface area contributed by atoms with Crippen molar-refractivity contribution >= 4 is 0 Å². The molecule has 0 aromatic carbocycles. The van der Waals surface area contributed by atoms with E-state index in [0.29, 0.717) is 0 Å². The van der Waals surface area contributed by atoms with Gasteiger partial charge in [-0.05, 0) is 6.92 Å². The van der Waals surface area contributed by atoms with Crippen LogP contribution in [0, 0.1) is 0 Å². The van der Waals surface area contributed by atoms with Crippen LogP contribution in [0.25, 0.3) is 0 Å². The molecule has 0 rings (SSSR count). The molecule has 0 aliphatic heterocycles. The SMILES string of the molecule is CC(O)[C@@H](O)[C@H](O)[C@@H](O)CO. The van der Waals surface area contributed by atoms with E-state index in [0.717, 1.165) is 0 Å². The van der Waals surface area contributed by atoms with Crippen molar-refractivity contribution in [3.63, 3.8) is 0 Å². The Labute approximate surface area is 64.5 Å². The lowest BCUT2D eigenvalue weighted by molar-refractivity contribution is -0.110. The highest BCUT2D eigenvalue weighted by atomic mass is 16.4. The molecule has 0 saturated heterocycles. The van der Waals surface area contributed by atoms with Crippen molar-refractivity contribution in [1.82, 2.24) is 0 Å². The Morgan fingerprint density at radius 2 is 1.45 bits per heavy atom. The van der Waals surface area contributed by atoms with E-state index in [4.69, 9.17) is 25.5 Å². The first-order valence-corrected chi connectivity index (χ1v) is 3.33. The molecule has 0 radical (unpaired) electrons. The van der Waals surface area contributed by atoms with E-state index >= 15 is 0 Å². The van der Waals surface area contributed by atoms with Crippen LogP contribution in [0.4, 0.5) is 0 Å². The van der Waals surface area contributed by atoms with Gasteiger partial charge in [0.2, 0.25) is 0 Å². The summed E-state index contributed by atoms with van der Waals surface area (Å²) in [6.45, 7) is 0.628. The lowest BCUT2D eigenvalue weighted by atomic mass is 10.1. The first-order valence-electron chi connectivity index (χ1n) is 3.33. The number of aliphatic hydroxyl groups excluding tert-OH is 5. The molecule has 0 aromatic heterocycles. The molecule has 11 heavy (non-hydrogen) atoms. The van der Waals surface area contributed by atoms with Crippen LogP contribution in [0.1, 0.15) is 6.92 Å². The molecule has 1 unspecified atom stereocenters. The van der Waals surface area contributed by atoms with Crippen LogP contribution in [-0.4, -0.2) is 56.6 Å². The lowest BCUT2D eigenvalue weighted by Crippen LogP contribution is -2.44. The molecule has 5 heteroatoms. The van der Waals surface area contributed by atoms with Gasteiger partial charge < -0.3 is 25.5 Å². The molecule has 0 amide bonds. The predicted octanol–water partition coefficient (Wildman–Crippen LogP) is -2.56. The highest BCUT2D eigenvalue weighted by molar-refractivity contribution is 4.77. The van der Waals surface area contributed by atoms with E-state index < -0.39 is 31.0 Å². The summed E-state index contributed by atoms with van der Waals surface area (Å²) in [6.07, 6.45) is -5.50. The zero-order valence-electron chi connectivity index (χ0n) is 6.25. The fourth-order valence-electron chi connectivity index (χ4n) is 0.621. The summed E-state index contributed by atoms with van der Waals surface area (Å²) in [7, 11) is 0. The summed E-state index contributed by atoms with van der Waals surface area (Å²) >= 11 is 0. The van der Waals surface area contributed by atoms with Gasteiger partial charge in [0.15, 0.2) is 0 Å². The van der Waals surface area contributed by atoms with Gasteiger partial charge in [-0.3, -0.25) is 0 Å². The Hall–Kier alpha value is -0.200. The quantitative estimate of drug-likeness (QED) is 0.316. The Morgan fingerprint density at radius 3 is 1.73 bits per heavy atom. The standard InChI is InChI=1S/C6H14O5/c1-3(8)5(10)6(11)4(9)2-7/h3-11H,2H2,1H3/t3?,4-,5+,6+/m0/s1. The molecule has 5 nitrogen and oxygen atoms in total. The largest absolute Gasteiger partial charge is 0.394 e. The summed E-state index contributed by atoms with van der Waals surface area (Å²) in [5.74, 6) is 0. The molecule has 0 aromatic rings. The second kappa shape index (κ2) is 4.63. The predicted molar refractivity (Wildman–Crippen MR) is 36.8 cm³/mol. The van der Waals surface area contributed by atoms with E-state index in [1.54, 1.807) is 0 Å². The molecule has 0 aliphatic rings. The Bertz CT molecular complexity index is 105. The van der Waals surface area contributed by atoms with Crippen LogP contribution in [0.2, 0.25) is 0 Å². The zero-order chi connectivity index (χ0) is 9.02. The molecule has 68 valence electrons. The van der Waals surface area contributed by atoms with Gasteiger partial charge in [0, 0.05) is 0 Å². The van der Waals surface area contributed by atoms with Gasteiger partial charge in [-0.25, -0.2) is 0 Å². The van der Waals surface area contributed by atoms with E-state index in [9.17, 15) is 0 Å². The number of hydrogen-bond acceptors (Lipinski definition) is 5. The van der Waals surface area contributed by atoms with Crippen molar-refractivity contribution in [2.24, 2.45) is 0 Å². The molecule has 0 bridgehead atoms. The van der Waals surface area contributed by atoms with Gasteiger partial charge >= 0.3 is 0 Å². The second-order valence-electron chi connectivity index (χ2n) is 2.47. The van der Waals surface area contributed by atoms with Gasteiger partial charge in [0.1, 0.15) is 18.3 Å². The Kier molecular flexibility index (Phi) is 4.55. The van der Waals surface area contributed by atoms with Gasteiger partial charge in [0.25, 0.3) is 0 Å². The number of rotatable bonds is 4. The minimum atomic E-state index is -1.51. The maximum absolute atomic E-state index is 8.94. The molecular weight excluding hydrogens is 152 g/mol. The van der Waals surface area contributed by atoms with Gasteiger partial charge in [-0.1, -0.05) is 0 Å². The van der Waals surface area contributed by atoms with Crippen molar-refractivity contribution in [3.8, 4) is 0 Å². The Balaban J connectivity index is 3.90. The van der Waals surface area contributed by atoms with E-state index in [-0.39, 0.29) is 0 Å². The summed E-state index contributed by atoms with van der Waals surface area (Å²) < 4.78 is 0. The molecule has 0 spiro atoms. The van der Waals surface area contributed by atoms with Crippen molar-refractivity contribution in [1.29, 1.82) is 0 Å². The first kappa shape index (κ1) is 10.8.